The van der Waals surface area contributed by atoms with Gasteiger partial charge in [0.1, 0.15) is 22.5 Å². The number of carboxylic acid groups (broad SMARTS) is 1. The summed E-state index contributed by atoms with van der Waals surface area (Å²) >= 11 is 0. The quantitative estimate of drug-likeness (QED) is 0.103. The zero-order valence-electron chi connectivity index (χ0n) is 33.4. The average molecular weight is 794 g/mol. The Bertz CT molecular complexity index is 2150. The van der Waals surface area contributed by atoms with Gasteiger partial charge in [0, 0.05) is 31.8 Å². The molecule has 1 aliphatic rings. The van der Waals surface area contributed by atoms with Crippen LogP contribution in [0.4, 0.5) is 21.4 Å². The number of nitrogens with zero attached hydrogens (tertiary/aromatic N) is 7. The van der Waals surface area contributed by atoms with Crippen LogP contribution in [0.2, 0.25) is 5.04 Å². The number of benzene rings is 2. The fourth-order valence-corrected chi connectivity index (χ4v) is 12.0. The highest BCUT2D eigenvalue weighted by Gasteiger charge is 2.50. The van der Waals surface area contributed by atoms with Gasteiger partial charge >= 0.3 is 12.2 Å². The molecule has 0 radical (unpaired) electrons. The van der Waals surface area contributed by atoms with E-state index in [0.29, 0.717) is 60.0 Å². The number of anilines is 2. The molecule has 0 unspecified atom stereocenters. The molecule has 57 heavy (non-hydrogen) atoms. The third-order valence-electron chi connectivity index (χ3n) is 10.2. The number of aromatic nitrogens is 6. The van der Waals surface area contributed by atoms with Crippen LogP contribution in [-0.2, 0) is 15.7 Å². The van der Waals surface area contributed by atoms with E-state index in [0.717, 1.165) is 18.4 Å². The van der Waals surface area contributed by atoms with Crippen molar-refractivity contribution in [1.82, 2.24) is 34.8 Å². The van der Waals surface area contributed by atoms with Crippen molar-refractivity contribution in [2.24, 2.45) is 0 Å². The third-order valence-corrected chi connectivity index (χ3v) is 15.3. The van der Waals surface area contributed by atoms with Crippen molar-refractivity contribution < 1.29 is 28.6 Å². The van der Waals surface area contributed by atoms with E-state index in [1.54, 1.807) is 18.0 Å². The van der Waals surface area contributed by atoms with E-state index >= 15 is 0 Å². The molecule has 2 aromatic carbocycles. The fourth-order valence-electron chi connectivity index (χ4n) is 7.42. The number of hydrogen-bond donors (Lipinski definition) is 3. The number of hydrogen-bond acceptors (Lipinski definition) is 11. The minimum Gasteiger partial charge on any atom is -0.495 e. The zero-order valence-corrected chi connectivity index (χ0v) is 34.4. The Balaban J connectivity index is 1.30. The minimum atomic E-state index is -2.76. The first-order chi connectivity index (χ1) is 27.5. The van der Waals surface area contributed by atoms with Crippen molar-refractivity contribution in [1.29, 1.82) is 0 Å². The third kappa shape index (κ3) is 9.07. The van der Waals surface area contributed by atoms with Crippen molar-refractivity contribution in [3.05, 3.63) is 90.4 Å². The summed E-state index contributed by atoms with van der Waals surface area (Å²) in [5.74, 6) is 1.06. The van der Waals surface area contributed by atoms with E-state index in [4.69, 9.17) is 18.9 Å². The Morgan fingerprint density at radius 1 is 0.982 bits per heavy atom. The fraction of sp³-hybridized carbons (Fsp3) is 0.390. The lowest BCUT2D eigenvalue weighted by molar-refractivity contribution is 0.150. The molecule has 0 bridgehead atoms. The second-order valence-electron chi connectivity index (χ2n) is 14.9. The van der Waals surface area contributed by atoms with E-state index in [9.17, 15) is 14.7 Å². The molecule has 15 nitrogen and oxygen atoms in total. The monoisotopic (exact) mass is 793 g/mol. The first-order valence-corrected chi connectivity index (χ1v) is 21.1. The number of nitrogens with one attached hydrogen (secondary N) is 2. The van der Waals surface area contributed by atoms with Crippen LogP contribution >= 0.6 is 0 Å². The molecule has 6 rings (SSSR count). The lowest BCUT2D eigenvalue weighted by Crippen LogP contribution is -2.66. The molecule has 0 spiro atoms. The summed E-state index contributed by atoms with van der Waals surface area (Å²) in [4.78, 5) is 34.4. The molecule has 5 aromatic rings. The van der Waals surface area contributed by atoms with Gasteiger partial charge in [-0.2, -0.15) is 15.2 Å². The van der Waals surface area contributed by atoms with Crippen molar-refractivity contribution in [2.45, 2.75) is 71.0 Å². The van der Waals surface area contributed by atoms with Crippen LogP contribution in [0.5, 0.6) is 5.75 Å². The summed E-state index contributed by atoms with van der Waals surface area (Å²) in [5.41, 5.74) is 3.16. The van der Waals surface area contributed by atoms with Crippen molar-refractivity contribution in [3.8, 4) is 5.75 Å². The van der Waals surface area contributed by atoms with Crippen LogP contribution < -0.4 is 25.7 Å². The van der Waals surface area contributed by atoms with E-state index in [1.807, 2.05) is 24.3 Å². The van der Waals surface area contributed by atoms with Crippen LogP contribution in [0, 0.1) is 0 Å². The molecule has 0 fully saturated rings. The number of rotatable bonds is 15. The average Bonchev–Trinajstić information content (AvgIpc) is 3.62. The lowest BCUT2D eigenvalue weighted by Gasteiger charge is -2.43. The molecule has 3 aromatic heterocycles. The van der Waals surface area contributed by atoms with Gasteiger partial charge in [0.15, 0.2) is 5.82 Å². The molecule has 1 aliphatic heterocycles. The Morgan fingerprint density at radius 3 is 2.26 bits per heavy atom. The Morgan fingerprint density at radius 2 is 1.68 bits per heavy atom. The van der Waals surface area contributed by atoms with Gasteiger partial charge < -0.3 is 29.2 Å². The van der Waals surface area contributed by atoms with E-state index < -0.39 is 20.5 Å². The van der Waals surface area contributed by atoms with Gasteiger partial charge in [-0.1, -0.05) is 101 Å². The maximum Gasteiger partial charge on any atom is 0.413 e. The Labute approximate surface area is 333 Å². The summed E-state index contributed by atoms with van der Waals surface area (Å²) in [6, 6.07) is 22.9. The highest BCUT2D eigenvalue weighted by atomic mass is 28.4. The predicted molar refractivity (Wildman–Crippen MR) is 222 cm³/mol. The maximum atomic E-state index is 12.3. The van der Waals surface area contributed by atoms with Crippen molar-refractivity contribution >= 4 is 59.3 Å². The molecule has 300 valence electrons. The molecular formula is C41H51N9O6Si. The van der Waals surface area contributed by atoms with E-state index in [-0.39, 0.29) is 30.1 Å². The van der Waals surface area contributed by atoms with E-state index in [1.165, 1.54) is 22.4 Å². The summed E-state index contributed by atoms with van der Waals surface area (Å²) in [6.07, 6.45) is 4.74. The summed E-state index contributed by atoms with van der Waals surface area (Å²) < 4.78 is 19.6. The van der Waals surface area contributed by atoms with Crippen LogP contribution in [0.1, 0.15) is 64.8 Å². The highest BCUT2D eigenvalue weighted by Crippen LogP contribution is 2.37. The van der Waals surface area contributed by atoms with E-state index in [2.05, 4.69) is 107 Å². The number of fused-ring (bicyclic) bond motifs is 1. The van der Waals surface area contributed by atoms with Gasteiger partial charge in [-0.25, -0.2) is 14.6 Å². The van der Waals surface area contributed by atoms with Crippen LogP contribution in [-0.4, -0.2) is 100 Å². The molecule has 1 atom stereocenters. The summed E-state index contributed by atoms with van der Waals surface area (Å²) in [5, 5.41) is 31.6. The van der Waals surface area contributed by atoms with Gasteiger partial charge in [0.2, 0.25) is 5.95 Å². The van der Waals surface area contributed by atoms with Crippen LogP contribution in [0.3, 0.4) is 0 Å². The number of methoxy groups -OCH3 is 2. The predicted octanol–water partition coefficient (Wildman–Crippen LogP) is 6.17. The second-order valence-corrected chi connectivity index (χ2v) is 19.2. The highest BCUT2D eigenvalue weighted by molar-refractivity contribution is 6.99. The maximum absolute atomic E-state index is 12.3. The molecule has 16 heteroatoms. The number of carbonyl (C=O) groups excluding carboxylic acids is 1. The van der Waals surface area contributed by atoms with Gasteiger partial charge in [-0.05, 0) is 40.2 Å². The lowest BCUT2D eigenvalue weighted by atomic mass is 10.0. The topological polar surface area (TPSA) is 179 Å². The van der Waals surface area contributed by atoms with Crippen LogP contribution in [0.15, 0.2) is 79.0 Å². The standard InChI is InChI=1S/C41H51N9O6Si/c1-7-14-29(21-24-56-57(41(2,3)4,30-15-10-8-11-16-30)31-17-12-9-13-18-31)43-37-36-33(44-38(45-37)46-39(51)55-6)26-42-50(36)27-34-35(54-5)25-32(47-48-34)28-19-22-49(23-20-28)40(52)53/h8-13,15-19,25-26,29H,7,14,20-24,27H2,1-6H3,(H,52,53)(H2,43,44,45,46,51)/t29-/m0/s1. The SMILES string of the molecule is CCC[C@@H](CCO[Si](c1ccccc1)(c1ccccc1)C(C)(C)C)Nc1nc(NC(=O)OC)nc2cnn(Cc3nnc(C4=CCN(C(=O)O)CC4)cc3OC)c12. The summed E-state index contributed by atoms with van der Waals surface area (Å²) in [6.45, 7) is 10.3. The van der Waals surface area contributed by atoms with Gasteiger partial charge in [0.25, 0.3) is 8.32 Å². The van der Waals surface area contributed by atoms with Crippen molar-refractivity contribution in [2.75, 3.05) is 44.5 Å². The number of amides is 2. The molecule has 3 N–H and O–H groups in total. The van der Waals surface area contributed by atoms with Crippen LogP contribution in [0.25, 0.3) is 16.6 Å². The molecule has 0 saturated heterocycles. The van der Waals surface area contributed by atoms with Gasteiger partial charge in [-0.3, -0.25) is 10.00 Å². The molecule has 0 aliphatic carbocycles. The van der Waals surface area contributed by atoms with Crippen molar-refractivity contribution in [3.63, 3.8) is 0 Å². The summed E-state index contributed by atoms with van der Waals surface area (Å²) in [7, 11) is 0.0858. The zero-order chi connectivity index (χ0) is 40.6. The Hall–Kier alpha value is -5.87. The normalized spacial score (nSPS) is 13.9. The first kappa shape index (κ1) is 40.8. The second kappa shape index (κ2) is 17.9. The molecule has 2 amide bonds. The number of carbonyl (C=O) groups is 2. The molecule has 4 heterocycles. The largest absolute Gasteiger partial charge is 0.495 e. The smallest absolute Gasteiger partial charge is 0.413 e. The minimum absolute atomic E-state index is 0.0601. The number of ether oxygens (including phenoxy) is 2. The Kier molecular flexibility index (Phi) is 12.8. The van der Waals surface area contributed by atoms with Gasteiger partial charge in [-0.15, -0.1) is 5.10 Å². The molecular weight excluding hydrogens is 743 g/mol. The first-order valence-electron chi connectivity index (χ1n) is 19.1. The molecule has 0 saturated carbocycles. The van der Waals surface area contributed by atoms with Gasteiger partial charge in [0.05, 0.1) is 32.7 Å².